The van der Waals surface area contributed by atoms with Crippen molar-refractivity contribution in [3.8, 4) is 34.3 Å². The second-order valence-electron chi connectivity index (χ2n) is 10.3. The normalized spacial score (nSPS) is 32.9. The van der Waals surface area contributed by atoms with Crippen LogP contribution < -0.4 is 14.9 Å². The molecule has 0 unspecified atom stereocenters. The van der Waals surface area contributed by atoms with E-state index in [-0.39, 0.29) is 34.0 Å². The first-order valence-electron chi connectivity index (χ1n) is 13.3. The lowest BCUT2D eigenvalue weighted by Gasteiger charge is -2.42. The monoisotopic (exact) mass is 608 g/mol. The molecule has 15 heteroatoms. The molecule has 0 spiro atoms. The number of hydrogen-bond acceptors (Lipinski definition) is 15. The van der Waals surface area contributed by atoms with Crippen LogP contribution in [0.1, 0.15) is 6.92 Å². The Morgan fingerprint density at radius 2 is 1.49 bits per heavy atom. The number of aliphatic hydroxyl groups is 6. The molecule has 2 saturated heterocycles. The summed E-state index contributed by atoms with van der Waals surface area (Å²) < 4.78 is 32.9. The number of hydrogen-bond donors (Lipinski definition) is 8. The molecule has 2 aliphatic rings. The van der Waals surface area contributed by atoms with Gasteiger partial charge in [0.2, 0.25) is 6.29 Å². The van der Waals surface area contributed by atoms with Gasteiger partial charge in [0.25, 0.3) is 0 Å². The summed E-state index contributed by atoms with van der Waals surface area (Å²) in [5, 5.41) is 82.0. The summed E-state index contributed by atoms with van der Waals surface area (Å²) in [6.45, 7) is 0.953. The Labute approximate surface area is 243 Å². The standard InChI is InChI=1S/C28H32O15/c1-10-21(32)23(34)25(36)27(40-10)39-9-19-22(33)24(35)26(37)28(43-19)41-12-6-14(30)20-15(31)8-17(42-18(20)7-12)11-3-4-16(38-2)13(29)5-11/h3-8,10,19,21-30,32-37H,9H2,1-2H3/t10-,19-,21+,22+,23-,24-,25-,26+,27-,28+/m0/s1. The molecule has 234 valence electrons. The van der Waals surface area contributed by atoms with E-state index in [1.807, 2.05) is 0 Å². The second kappa shape index (κ2) is 12.2. The van der Waals surface area contributed by atoms with Crippen molar-refractivity contribution in [2.24, 2.45) is 0 Å². The number of aromatic hydroxyl groups is 2. The molecule has 2 aliphatic heterocycles. The Bertz CT molecular complexity index is 1510. The van der Waals surface area contributed by atoms with Gasteiger partial charge in [0.05, 0.1) is 19.8 Å². The van der Waals surface area contributed by atoms with Crippen LogP contribution in [0.5, 0.6) is 23.0 Å². The van der Waals surface area contributed by atoms with Crippen LogP contribution in [0.15, 0.2) is 45.6 Å². The minimum atomic E-state index is -1.78. The van der Waals surface area contributed by atoms with Crippen molar-refractivity contribution in [2.45, 2.75) is 68.3 Å². The predicted octanol–water partition coefficient (Wildman–Crippen LogP) is -1.09. The summed E-state index contributed by atoms with van der Waals surface area (Å²) in [7, 11) is 1.38. The SMILES string of the molecule is COc1ccc(-c2cc(=O)c3c(O)cc(O[C@@H]4O[C@@H](CO[C@H]5O[C@@H](C)[C@@H](O)[C@H](O)[C@@H]5O)[C@@H](O)[C@H](O)[C@H]4O)cc3o2)cc1O. The van der Waals surface area contributed by atoms with Gasteiger partial charge in [0.1, 0.15) is 71.0 Å². The molecule has 0 aliphatic carbocycles. The van der Waals surface area contributed by atoms with Gasteiger partial charge in [-0.2, -0.15) is 0 Å². The van der Waals surface area contributed by atoms with E-state index in [1.165, 1.54) is 32.2 Å². The van der Waals surface area contributed by atoms with E-state index in [2.05, 4.69) is 0 Å². The smallest absolute Gasteiger partial charge is 0.229 e. The molecule has 0 saturated carbocycles. The van der Waals surface area contributed by atoms with E-state index < -0.39 is 79.2 Å². The van der Waals surface area contributed by atoms with Gasteiger partial charge in [0, 0.05) is 23.8 Å². The number of phenols is 2. The summed E-state index contributed by atoms with van der Waals surface area (Å²) in [4.78, 5) is 12.8. The Morgan fingerprint density at radius 1 is 0.791 bits per heavy atom. The summed E-state index contributed by atoms with van der Waals surface area (Å²) in [6, 6.07) is 7.78. The highest BCUT2D eigenvalue weighted by molar-refractivity contribution is 5.86. The molecule has 0 radical (unpaired) electrons. The zero-order valence-corrected chi connectivity index (χ0v) is 22.9. The predicted molar refractivity (Wildman–Crippen MR) is 143 cm³/mol. The number of phenolic OH excluding ortho intramolecular Hbond substituents is 2. The first-order chi connectivity index (χ1) is 20.4. The Kier molecular flexibility index (Phi) is 8.80. The summed E-state index contributed by atoms with van der Waals surface area (Å²) >= 11 is 0. The third-order valence-corrected chi connectivity index (χ3v) is 7.40. The van der Waals surface area contributed by atoms with Gasteiger partial charge in [-0.15, -0.1) is 0 Å². The molecule has 3 aromatic rings. The zero-order valence-electron chi connectivity index (χ0n) is 22.9. The maximum absolute atomic E-state index is 12.8. The van der Waals surface area contributed by atoms with Crippen LogP contribution in [0.2, 0.25) is 0 Å². The van der Waals surface area contributed by atoms with Gasteiger partial charge in [-0.3, -0.25) is 4.79 Å². The average molecular weight is 609 g/mol. The molecule has 8 N–H and O–H groups in total. The van der Waals surface area contributed by atoms with Crippen LogP contribution in [0.25, 0.3) is 22.3 Å². The number of rotatable bonds is 7. The fourth-order valence-corrected chi connectivity index (χ4v) is 4.92. The zero-order chi connectivity index (χ0) is 31.2. The van der Waals surface area contributed by atoms with E-state index in [0.29, 0.717) is 5.56 Å². The van der Waals surface area contributed by atoms with Crippen molar-refractivity contribution in [1.82, 2.24) is 0 Å². The van der Waals surface area contributed by atoms with Crippen molar-refractivity contribution in [1.29, 1.82) is 0 Å². The van der Waals surface area contributed by atoms with E-state index >= 15 is 0 Å². The van der Waals surface area contributed by atoms with Crippen LogP contribution in [0.4, 0.5) is 0 Å². The largest absolute Gasteiger partial charge is 0.507 e. The lowest BCUT2D eigenvalue weighted by Crippen LogP contribution is -2.61. The number of aliphatic hydroxyl groups excluding tert-OH is 6. The lowest BCUT2D eigenvalue weighted by molar-refractivity contribution is -0.318. The second-order valence-corrected chi connectivity index (χ2v) is 10.3. The molecule has 15 nitrogen and oxygen atoms in total. The summed E-state index contributed by atoms with van der Waals surface area (Å²) in [6.07, 6.45) is -15.0. The minimum Gasteiger partial charge on any atom is -0.507 e. The summed E-state index contributed by atoms with van der Waals surface area (Å²) in [5.41, 5.74) is -0.381. The third kappa shape index (κ3) is 5.99. The Morgan fingerprint density at radius 3 is 2.19 bits per heavy atom. The topological polar surface area (TPSA) is 238 Å². The maximum Gasteiger partial charge on any atom is 0.229 e. The van der Waals surface area contributed by atoms with Gasteiger partial charge in [-0.05, 0) is 25.1 Å². The van der Waals surface area contributed by atoms with Crippen molar-refractivity contribution in [3.05, 3.63) is 46.6 Å². The first kappa shape index (κ1) is 30.9. The molecule has 43 heavy (non-hydrogen) atoms. The van der Waals surface area contributed by atoms with Gasteiger partial charge < -0.3 is 69.0 Å². The Hall–Kier alpha value is -3.51. The van der Waals surface area contributed by atoms with Crippen LogP contribution in [0, 0.1) is 0 Å². The van der Waals surface area contributed by atoms with Gasteiger partial charge in [0.15, 0.2) is 23.2 Å². The fourth-order valence-electron chi connectivity index (χ4n) is 4.92. The molecular weight excluding hydrogens is 576 g/mol. The average Bonchev–Trinajstić information content (AvgIpc) is 2.97. The quantitative estimate of drug-likeness (QED) is 0.159. The highest BCUT2D eigenvalue weighted by atomic mass is 16.7. The van der Waals surface area contributed by atoms with Crippen LogP contribution >= 0.6 is 0 Å². The van der Waals surface area contributed by atoms with Gasteiger partial charge in [-0.25, -0.2) is 0 Å². The van der Waals surface area contributed by atoms with E-state index in [4.69, 9.17) is 28.1 Å². The van der Waals surface area contributed by atoms with E-state index in [0.717, 1.165) is 12.1 Å². The maximum atomic E-state index is 12.8. The molecule has 10 atom stereocenters. The van der Waals surface area contributed by atoms with Crippen LogP contribution in [0.3, 0.4) is 0 Å². The molecule has 0 amide bonds. The molecular formula is C28H32O15. The van der Waals surface area contributed by atoms with Crippen molar-refractivity contribution < 1.29 is 69.0 Å². The number of ether oxygens (including phenoxy) is 5. The molecule has 5 rings (SSSR count). The van der Waals surface area contributed by atoms with Gasteiger partial charge in [-0.1, -0.05) is 0 Å². The number of methoxy groups -OCH3 is 1. The highest BCUT2D eigenvalue weighted by Gasteiger charge is 2.47. The Balaban J connectivity index is 1.36. The molecule has 3 heterocycles. The number of benzene rings is 2. The molecule has 2 fully saturated rings. The molecule has 1 aromatic heterocycles. The van der Waals surface area contributed by atoms with E-state index in [9.17, 15) is 45.6 Å². The van der Waals surface area contributed by atoms with Crippen molar-refractivity contribution in [2.75, 3.05) is 13.7 Å². The fraction of sp³-hybridized carbons (Fsp3) is 0.464. The van der Waals surface area contributed by atoms with Crippen LogP contribution in [-0.4, -0.2) is 116 Å². The number of fused-ring (bicyclic) bond motifs is 1. The summed E-state index contributed by atoms with van der Waals surface area (Å²) in [5.74, 6) is -0.605. The van der Waals surface area contributed by atoms with Crippen molar-refractivity contribution >= 4 is 11.0 Å². The highest BCUT2D eigenvalue weighted by Crippen LogP contribution is 2.35. The van der Waals surface area contributed by atoms with Crippen molar-refractivity contribution in [3.63, 3.8) is 0 Å². The first-order valence-corrected chi connectivity index (χ1v) is 13.3. The van der Waals surface area contributed by atoms with Crippen LogP contribution in [-0.2, 0) is 14.2 Å². The van der Waals surface area contributed by atoms with Gasteiger partial charge >= 0.3 is 0 Å². The third-order valence-electron chi connectivity index (χ3n) is 7.40. The molecule has 0 bridgehead atoms. The lowest BCUT2D eigenvalue weighted by atomic mass is 9.98. The minimum absolute atomic E-state index is 0.0517. The van der Waals surface area contributed by atoms with E-state index in [1.54, 1.807) is 6.07 Å². The molecule has 2 aromatic carbocycles.